The molecule has 0 aromatic heterocycles. The molecule has 0 atom stereocenters. The molecule has 0 bridgehead atoms. The molecule has 15 heavy (non-hydrogen) atoms. The molecule has 0 heterocycles. The van der Waals surface area contributed by atoms with Crippen LogP contribution in [0.1, 0.15) is 59.3 Å². The molecule has 0 aliphatic rings. The van der Waals surface area contributed by atoms with Crippen LogP contribution in [0.2, 0.25) is 0 Å². The first kappa shape index (κ1) is 14.0. The SMILES string of the molecule is CC/C=C(\C)CC/C=C(\C)CCCC#N. The lowest BCUT2D eigenvalue weighted by atomic mass is 10.1. The van der Waals surface area contributed by atoms with E-state index < -0.39 is 0 Å². The van der Waals surface area contributed by atoms with Crippen molar-refractivity contribution in [1.29, 1.82) is 5.26 Å². The fraction of sp³-hybridized carbons (Fsp3) is 0.643. The molecule has 0 unspecified atom stereocenters. The first-order valence-electron chi connectivity index (χ1n) is 5.89. The number of unbranched alkanes of at least 4 members (excludes halogenated alkanes) is 1. The second-order valence-electron chi connectivity index (χ2n) is 4.06. The van der Waals surface area contributed by atoms with Gasteiger partial charge in [0, 0.05) is 6.42 Å². The number of hydrogen-bond donors (Lipinski definition) is 0. The van der Waals surface area contributed by atoms with Crippen LogP contribution in [0.25, 0.3) is 0 Å². The van der Waals surface area contributed by atoms with Crippen LogP contribution in [0.5, 0.6) is 0 Å². The maximum absolute atomic E-state index is 8.41. The van der Waals surface area contributed by atoms with Crippen molar-refractivity contribution >= 4 is 0 Å². The van der Waals surface area contributed by atoms with Gasteiger partial charge in [-0.3, -0.25) is 0 Å². The van der Waals surface area contributed by atoms with E-state index in [1.54, 1.807) is 0 Å². The summed E-state index contributed by atoms with van der Waals surface area (Å²) in [6, 6.07) is 2.18. The van der Waals surface area contributed by atoms with Crippen molar-refractivity contribution in [3.63, 3.8) is 0 Å². The zero-order valence-electron chi connectivity index (χ0n) is 10.3. The smallest absolute Gasteiger partial charge is 0.0621 e. The highest BCUT2D eigenvalue weighted by atomic mass is 14.2. The molecule has 0 aromatic rings. The average molecular weight is 205 g/mol. The topological polar surface area (TPSA) is 23.8 Å². The molecule has 0 saturated carbocycles. The van der Waals surface area contributed by atoms with Crippen LogP contribution in [-0.4, -0.2) is 0 Å². The van der Waals surface area contributed by atoms with Crippen molar-refractivity contribution in [2.75, 3.05) is 0 Å². The molecule has 0 radical (unpaired) electrons. The molecule has 1 nitrogen and oxygen atoms in total. The lowest BCUT2D eigenvalue weighted by Gasteiger charge is -2.00. The van der Waals surface area contributed by atoms with Crippen molar-refractivity contribution in [2.45, 2.75) is 59.3 Å². The van der Waals surface area contributed by atoms with Gasteiger partial charge in [0.1, 0.15) is 0 Å². The fourth-order valence-corrected chi connectivity index (χ4v) is 1.55. The third-order valence-corrected chi connectivity index (χ3v) is 2.44. The van der Waals surface area contributed by atoms with E-state index >= 15 is 0 Å². The number of allylic oxidation sites excluding steroid dienone is 4. The van der Waals surface area contributed by atoms with E-state index in [1.807, 2.05) is 0 Å². The predicted molar refractivity (Wildman–Crippen MR) is 66.5 cm³/mol. The Kier molecular flexibility index (Phi) is 8.87. The highest BCUT2D eigenvalue weighted by molar-refractivity contribution is 5.03. The van der Waals surface area contributed by atoms with Crippen molar-refractivity contribution in [3.05, 3.63) is 23.3 Å². The van der Waals surface area contributed by atoms with Crippen LogP contribution in [-0.2, 0) is 0 Å². The fourth-order valence-electron chi connectivity index (χ4n) is 1.55. The first-order chi connectivity index (χ1) is 7.20. The van der Waals surface area contributed by atoms with Gasteiger partial charge in [0.15, 0.2) is 0 Å². The summed E-state index contributed by atoms with van der Waals surface area (Å²) in [5, 5.41) is 8.41. The Morgan fingerprint density at radius 2 is 1.80 bits per heavy atom. The number of nitriles is 1. The Balaban J connectivity index is 3.67. The predicted octanol–water partition coefficient (Wildman–Crippen LogP) is 4.76. The van der Waals surface area contributed by atoms with E-state index in [2.05, 4.69) is 39.0 Å². The minimum atomic E-state index is 0.681. The minimum absolute atomic E-state index is 0.681. The van der Waals surface area contributed by atoms with E-state index in [4.69, 9.17) is 5.26 Å². The normalized spacial score (nSPS) is 12.7. The molecule has 0 saturated heterocycles. The van der Waals surface area contributed by atoms with Gasteiger partial charge in [-0.2, -0.15) is 5.26 Å². The zero-order chi connectivity index (χ0) is 11.5. The van der Waals surface area contributed by atoms with Crippen LogP contribution < -0.4 is 0 Å². The molecule has 0 amide bonds. The molecule has 0 rings (SSSR count). The van der Waals surface area contributed by atoms with Crippen LogP contribution in [0, 0.1) is 11.3 Å². The van der Waals surface area contributed by atoms with Crippen LogP contribution in [0.15, 0.2) is 23.3 Å². The van der Waals surface area contributed by atoms with Crippen LogP contribution in [0.4, 0.5) is 0 Å². The standard InChI is InChI=1S/C14H23N/c1-4-8-13(2)10-7-11-14(3)9-5-6-12-15/h8,11H,4-7,9-10H2,1-3H3/b13-8+,14-11+. The summed E-state index contributed by atoms with van der Waals surface area (Å²) < 4.78 is 0. The molecular weight excluding hydrogens is 182 g/mol. The van der Waals surface area contributed by atoms with Gasteiger partial charge >= 0.3 is 0 Å². The van der Waals surface area contributed by atoms with Crippen molar-refractivity contribution in [1.82, 2.24) is 0 Å². The molecule has 0 spiro atoms. The Morgan fingerprint density at radius 3 is 2.40 bits per heavy atom. The second kappa shape index (κ2) is 9.52. The third-order valence-electron chi connectivity index (χ3n) is 2.44. The maximum Gasteiger partial charge on any atom is 0.0621 e. The summed E-state index contributed by atoms with van der Waals surface area (Å²) in [4.78, 5) is 0. The highest BCUT2D eigenvalue weighted by Gasteiger charge is 1.91. The highest BCUT2D eigenvalue weighted by Crippen LogP contribution is 2.11. The van der Waals surface area contributed by atoms with Gasteiger partial charge in [0.2, 0.25) is 0 Å². The Bertz CT molecular complexity index is 253. The zero-order valence-corrected chi connectivity index (χ0v) is 10.3. The quantitative estimate of drug-likeness (QED) is 0.434. The number of hydrogen-bond acceptors (Lipinski definition) is 1. The first-order valence-corrected chi connectivity index (χ1v) is 5.89. The van der Waals surface area contributed by atoms with Gasteiger partial charge < -0.3 is 0 Å². The van der Waals surface area contributed by atoms with Gasteiger partial charge in [0.25, 0.3) is 0 Å². The number of nitrogens with zero attached hydrogens (tertiary/aromatic N) is 1. The second-order valence-corrected chi connectivity index (χ2v) is 4.06. The Hall–Kier alpha value is -1.03. The Morgan fingerprint density at radius 1 is 1.13 bits per heavy atom. The average Bonchev–Trinajstić information content (AvgIpc) is 2.18. The van der Waals surface area contributed by atoms with Crippen molar-refractivity contribution in [3.8, 4) is 6.07 Å². The molecule has 0 fully saturated rings. The number of rotatable bonds is 7. The lowest BCUT2D eigenvalue weighted by Crippen LogP contribution is -1.80. The van der Waals surface area contributed by atoms with E-state index in [9.17, 15) is 0 Å². The molecular formula is C14H23N. The summed E-state index contributed by atoms with van der Waals surface area (Å²) in [7, 11) is 0. The Labute approximate surface area is 94.5 Å². The van der Waals surface area contributed by atoms with Gasteiger partial charge in [-0.25, -0.2) is 0 Å². The molecule has 84 valence electrons. The third kappa shape index (κ3) is 9.28. The van der Waals surface area contributed by atoms with E-state index in [0.29, 0.717) is 6.42 Å². The van der Waals surface area contributed by atoms with E-state index in [1.165, 1.54) is 17.6 Å². The molecule has 0 aliphatic carbocycles. The molecule has 0 aromatic carbocycles. The summed E-state index contributed by atoms with van der Waals surface area (Å²) >= 11 is 0. The van der Waals surface area contributed by atoms with E-state index in [0.717, 1.165) is 25.7 Å². The van der Waals surface area contributed by atoms with Crippen LogP contribution >= 0.6 is 0 Å². The maximum atomic E-state index is 8.41. The summed E-state index contributed by atoms with van der Waals surface area (Å²) in [5.74, 6) is 0. The minimum Gasteiger partial charge on any atom is -0.198 e. The van der Waals surface area contributed by atoms with Gasteiger partial charge in [-0.15, -0.1) is 0 Å². The van der Waals surface area contributed by atoms with Crippen LogP contribution in [0.3, 0.4) is 0 Å². The largest absolute Gasteiger partial charge is 0.198 e. The monoisotopic (exact) mass is 205 g/mol. The summed E-state index contributed by atoms with van der Waals surface area (Å²) in [6.45, 7) is 6.53. The summed E-state index contributed by atoms with van der Waals surface area (Å²) in [5.41, 5.74) is 2.91. The van der Waals surface area contributed by atoms with Gasteiger partial charge in [-0.1, -0.05) is 30.2 Å². The van der Waals surface area contributed by atoms with Gasteiger partial charge in [0.05, 0.1) is 6.07 Å². The molecule has 1 heteroatoms. The molecule has 0 N–H and O–H groups in total. The van der Waals surface area contributed by atoms with Crippen molar-refractivity contribution in [2.24, 2.45) is 0 Å². The van der Waals surface area contributed by atoms with Gasteiger partial charge in [-0.05, 0) is 46.0 Å². The van der Waals surface area contributed by atoms with E-state index in [-0.39, 0.29) is 0 Å². The lowest BCUT2D eigenvalue weighted by molar-refractivity contribution is 0.828. The summed E-state index contributed by atoms with van der Waals surface area (Å²) in [6.07, 6.45) is 10.8. The molecule has 0 aliphatic heterocycles. The van der Waals surface area contributed by atoms with Crippen molar-refractivity contribution < 1.29 is 0 Å².